The van der Waals surface area contributed by atoms with Gasteiger partial charge in [-0.15, -0.1) is 0 Å². The van der Waals surface area contributed by atoms with Gasteiger partial charge in [0.25, 0.3) is 0 Å². The standard InChI is InChI=1S/C13H18N2O3/c1-9(16)8-10-4-3-7-15(10)12-6-2-5-11(14-12)13(17)18/h2,5-6,9-10,16H,3-4,7-8H2,1H3,(H,17,18). The smallest absolute Gasteiger partial charge is 0.354 e. The normalized spacial score (nSPS) is 21.0. The fourth-order valence-corrected chi connectivity index (χ4v) is 2.48. The fraction of sp³-hybridized carbons (Fsp3) is 0.538. The number of carbonyl (C=O) groups is 1. The molecule has 5 heteroatoms. The highest BCUT2D eigenvalue weighted by Crippen LogP contribution is 2.26. The molecule has 1 aromatic rings. The van der Waals surface area contributed by atoms with Crippen LogP contribution in [-0.4, -0.2) is 39.9 Å². The first-order valence-electron chi connectivity index (χ1n) is 6.23. The Balaban J connectivity index is 2.19. The molecule has 1 aliphatic rings. The minimum atomic E-state index is -1.01. The third-order valence-corrected chi connectivity index (χ3v) is 3.24. The molecule has 0 bridgehead atoms. The van der Waals surface area contributed by atoms with Gasteiger partial charge in [-0.2, -0.15) is 0 Å². The van der Waals surface area contributed by atoms with Gasteiger partial charge in [0.05, 0.1) is 6.10 Å². The largest absolute Gasteiger partial charge is 0.477 e. The molecule has 0 aliphatic carbocycles. The zero-order valence-electron chi connectivity index (χ0n) is 10.4. The van der Waals surface area contributed by atoms with E-state index in [1.54, 1.807) is 13.0 Å². The van der Waals surface area contributed by atoms with Crippen molar-refractivity contribution in [3.05, 3.63) is 23.9 Å². The molecule has 0 amide bonds. The van der Waals surface area contributed by atoms with Crippen molar-refractivity contribution in [2.45, 2.75) is 38.3 Å². The lowest BCUT2D eigenvalue weighted by Crippen LogP contribution is -2.32. The molecular weight excluding hydrogens is 232 g/mol. The zero-order valence-corrected chi connectivity index (χ0v) is 10.4. The first-order chi connectivity index (χ1) is 8.58. The Morgan fingerprint density at radius 3 is 3.06 bits per heavy atom. The molecule has 98 valence electrons. The summed E-state index contributed by atoms with van der Waals surface area (Å²) in [4.78, 5) is 17.2. The zero-order chi connectivity index (χ0) is 13.1. The van der Waals surface area contributed by atoms with Gasteiger partial charge in [0.1, 0.15) is 5.82 Å². The van der Waals surface area contributed by atoms with Crippen molar-refractivity contribution < 1.29 is 15.0 Å². The van der Waals surface area contributed by atoms with Gasteiger partial charge in [0.2, 0.25) is 0 Å². The summed E-state index contributed by atoms with van der Waals surface area (Å²) in [7, 11) is 0. The highest BCUT2D eigenvalue weighted by Gasteiger charge is 2.27. The van der Waals surface area contributed by atoms with Crippen LogP contribution in [0.3, 0.4) is 0 Å². The summed E-state index contributed by atoms with van der Waals surface area (Å²) in [5.41, 5.74) is 0.0650. The van der Waals surface area contributed by atoms with Crippen LogP contribution in [0.1, 0.15) is 36.7 Å². The van der Waals surface area contributed by atoms with Crippen molar-refractivity contribution in [2.75, 3.05) is 11.4 Å². The lowest BCUT2D eigenvalue weighted by molar-refractivity contribution is 0.0690. The molecule has 2 heterocycles. The second kappa shape index (κ2) is 5.35. The van der Waals surface area contributed by atoms with Crippen LogP contribution >= 0.6 is 0 Å². The molecule has 0 saturated carbocycles. The number of carboxylic acid groups (broad SMARTS) is 1. The van der Waals surface area contributed by atoms with Gasteiger partial charge in [0, 0.05) is 12.6 Å². The fourth-order valence-electron chi connectivity index (χ4n) is 2.48. The third kappa shape index (κ3) is 2.79. The van der Waals surface area contributed by atoms with Crippen molar-refractivity contribution in [1.29, 1.82) is 0 Å². The lowest BCUT2D eigenvalue weighted by atomic mass is 10.1. The van der Waals surface area contributed by atoms with Crippen molar-refractivity contribution >= 4 is 11.8 Å². The van der Waals surface area contributed by atoms with Gasteiger partial charge in [-0.1, -0.05) is 6.07 Å². The average Bonchev–Trinajstić information content (AvgIpc) is 2.76. The second-order valence-corrected chi connectivity index (χ2v) is 4.76. The topological polar surface area (TPSA) is 73.7 Å². The Bertz CT molecular complexity index is 434. The van der Waals surface area contributed by atoms with E-state index in [1.807, 2.05) is 6.07 Å². The van der Waals surface area contributed by atoms with Crippen LogP contribution in [0.2, 0.25) is 0 Å². The molecule has 2 rings (SSSR count). The van der Waals surface area contributed by atoms with Crippen LogP contribution in [0.15, 0.2) is 18.2 Å². The molecule has 18 heavy (non-hydrogen) atoms. The van der Waals surface area contributed by atoms with Gasteiger partial charge in [-0.05, 0) is 38.3 Å². The van der Waals surface area contributed by atoms with E-state index in [0.717, 1.165) is 19.4 Å². The Kier molecular flexibility index (Phi) is 3.81. The van der Waals surface area contributed by atoms with E-state index < -0.39 is 5.97 Å². The first-order valence-corrected chi connectivity index (χ1v) is 6.23. The van der Waals surface area contributed by atoms with Gasteiger partial charge >= 0.3 is 5.97 Å². The number of aliphatic hydroxyl groups is 1. The number of aromatic nitrogens is 1. The Morgan fingerprint density at radius 1 is 1.61 bits per heavy atom. The molecule has 2 unspecified atom stereocenters. The highest BCUT2D eigenvalue weighted by molar-refractivity contribution is 5.85. The molecule has 1 fully saturated rings. The third-order valence-electron chi connectivity index (χ3n) is 3.24. The predicted molar refractivity (Wildman–Crippen MR) is 67.9 cm³/mol. The number of hydrogen-bond donors (Lipinski definition) is 2. The number of carboxylic acids is 1. The number of hydrogen-bond acceptors (Lipinski definition) is 4. The van der Waals surface area contributed by atoms with Crippen LogP contribution in [0.4, 0.5) is 5.82 Å². The maximum atomic E-state index is 10.9. The first kappa shape index (κ1) is 12.8. The summed E-state index contributed by atoms with van der Waals surface area (Å²) in [5.74, 6) is -0.318. The van der Waals surface area contributed by atoms with E-state index in [0.29, 0.717) is 12.2 Å². The minimum Gasteiger partial charge on any atom is -0.477 e. The number of nitrogens with zero attached hydrogens (tertiary/aromatic N) is 2. The van der Waals surface area contributed by atoms with E-state index in [2.05, 4.69) is 9.88 Å². The summed E-state index contributed by atoms with van der Waals surface area (Å²) >= 11 is 0. The molecule has 2 atom stereocenters. The average molecular weight is 250 g/mol. The number of aromatic carboxylic acids is 1. The molecule has 1 saturated heterocycles. The second-order valence-electron chi connectivity index (χ2n) is 4.76. The molecule has 0 radical (unpaired) electrons. The van der Waals surface area contributed by atoms with E-state index in [1.165, 1.54) is 6.07 Å². The molecular formula is C13H18N2O3. The van der Waals surface area contributed by atoms with Gasteiger partial charge in [-0.25, -0.2) is 9.78 Å². The molecule has 0 aromatic carbocycles. The van der Waals surface area contributed by atoms with Crippen molar-refractivity contribution in [2.24, 2.45) is 0 Å². The number of rotatable bonds is 4. The number of anilines is 1. The quantitative estimate of drug-likeness (QED) is 0.847. The molecule has 1 aromatic heterocycles. The Labute approximate surface area is 106 Å². The molecule has 5 nitrogen and oxygen atoms in total. The van der Waals surface area contributed by atoms with Crippen LogP contribution in [-0.2, 0) is 0 Å². The highest BCUT2D eigenvalue weighted by atomic mass is 16.4. The van der Waals surface area contributed by atoms with Crippen LogP contribution in [0.5, 0.6) is 0 Å². The van der Waals surface area contributed by atoms with Gasteiger partial charge in [0.15, 0.2) is 5.69 Å². The maximum Gasteiger partial charge on any atom is 0.354 e. The predicted octanol–water partition coefficient (Wildman–Crippen LogP) is 1.52. The summed E-state index contributed by atoms with van der Waals surface area (Å²) in [6, 6.07) is 5.28. The van der Waals surface area contributed by atoms with E-state index in [4.69, 9.17) is 5.11 Å². The van der Waals surface area contributed by atoms with Crippen LogP contribution in [0, 0.1) is 0 Å². The van der Waals surface area contributed by atoms with Gasteiger partial charge in [-0.3, -0.25) is 0 Å². The van der Waals surface area contributed by atoms with Crippen molar-refractivity contribution in [3.63, 3.8) is 0 Å². The van der Waals surface area contributed by atoms with Crippen LogP contribution in [0.25, 0.3) is 0 Å². The SMILES string of the molecule is CC(O)CC1CCCN1c1cccc(C(=O)O)n1. The summed E-state index contributed by atoms with van der Waals surface area (Å²) in [5, 5.41) is 18.4. The summed E-state index contributed by atoms with van der Waals surface area (Å²) < 4.78 is 0. The maximum absolute atomic E-state index is 10.9. The van der Waals surface area contributed by atoms with Crippen molar-refractivity contribution in [3.8, 4) is 0 Å². The Morgan fingerprint density at radius 2 is 2.39 bits per heavy atom. The van der Waals surface area contributed by atoms with E-state index >= 15 is 0 Å². The minimum absolute atomic E-state index is 0.0650. The molecule has 0 spiro atoms. The molecule has 1 aliphatic heterocycles. The monoisotopic (exact) mass is 250 g/mol. The summed E-state index contributed by atoms with van der Waals surface area (Å²) in [6.07, 6.45) is 2.41. The number of pyridine rings is 1. The van der Waals surface area contributed by atoms with Gasteiger partial charge < -0.3 is 15.1 Å². The van der Waals surface area contributed by atoms with E-state index in [-0.39, 0.29) is 17.8 Å². The van der Waals surface area contributed by atoms with Crippen molar-refractivity contribution in [1.82, 2.24) is 4.98 Å². The summed E-state index contributed by atoms with van der Waals surface area (Å²) in [6.45, 7) is 2.64. The number of aliphatic hydroxyl groups excluding tert-OH is 1. The molecule has 2 N–H and O–H groups in total. The van der Waals surface area contributed by atoms with E-state index in [9.17, 15) is 9.90 Å². The lowest BCUT2D eigenvalue weighted by Gasteiger charge is -2.26. The Hall–Kier alpha value is -1.62. The van der Waals surface area contributed by atoms with Crippen LogP contribution < -0.4 is 4.90 Å².